The molecule has 0 unspecified atom stereocenters. The van der Waals surface area contributed by atoms with Gasteiger partial charge in [0.15, 0.2) is 0 Å². The highest BCUT2D eigenvalue weighted by Crippen LogP contribution is 2.18. The van der Waals surface area contributed by atoms with E-state index in [1.165, 1.54) is 25.7 Å². The molecule has 0 amide bonds. The number of aliphatic hydroxyl groups is 1. The molecule has 2 rings (SSSR count). The molecule has 4 nitrogen and oxygen atoms in total. The molecule has 1 atom stereocenters. The van der Waals surface area contributed by atoms with Crippen molar-refractivity contribution >= 4 is 0 Å². The first-order valence-electron chi connectivity index (χ1n) is 6.96. The van der Waals surface area contributed by atoms with Gasteiger partial charge in [0.2, 0.25) is 0 Å². The van der Waals surface area contributed by atoms with Gasteiger partial charge >= 0.3 is 0 Å². The van der Waals surface area contributed by atoms with Gasteiger partial charge < -0.3 is 19.9 Å². The number of methoxy groups -OCH3 is 1. The third-order valence-corrected chi connectivity index (χ3v) is 3.50. The van der Waals surface area contributed by atoms with Gasteiger partial charge in [0.1, 0.15) is 24.2 Å². The van der Waals surface area contributed by atoms with Gasteiger partial charge in [0.05, 0.1) is 7.11 Å². The topological polar surface area (TPSA) is 50.7 Å². The highest BCUT2D eigenvalue weighted by atomic mass is 16.5. The van der Waals surface area contributed by atoms with Crippen molar-refractivity contribution in [3.05, 3.63) is 24.3 Å². The van der Waals surface area contributed by atoms with Crippen LogP contribution in [-0.2, 0) is 0 Å². The summed E-state index contributed by atoms with van der Waals surface area (Å²) in [6.45, 7) is 0.910. The molecule has 0 radical (unpaired) electrons. The number of hydrogen-bond donors (Lipinski definition) is 2. The summed E-state index contributed by atoms with van der Waals surface area (Å²) in [6, 6.07) is 7.96. The van der Waals surface area contributed by atoms with Gasteiger partial charge in [-0.2, -0.15) is 0 Å². The number of benzene rings is 1. The second-order valence-electron chi connectivity index (χ2n) is 5.03. The third-order valence-electron chi connectivity index (χ3n) is 3.50. The van der Waals surface area contributed by atoms with Crippen molar-refractivity contribution < 1.29 is 14.6 Å². The molecular weight excluding hydrogens is 242 g/mol. The minimum atomic E-state index is -0.470. The molecule has 0 aliphatic heterocycles. The van der Waals surface area contributed by atoms with Crippen molar-refractivity contribution in [2.75, 3.05) is 20.3 Å². The quantitative estimate of drug-likeness (QED) is 0.791. The summed E-state index contributed by atoms with van der Waals surface area (Å²) in [4.78, 5) is 0. The smallest absolute Gasteiger partial charge is 0.119 e. The summed E-state index contributed by atoms with van der Waals surface area (Å²) in [5.74, 6) is 1.55. The molecule has 1 aliphatic rings. The van der Waals surface area contributed by atoms with Crippen LogP contribution in [0.4, 0.5) is 0 Å². The molecular formula is C15H23NO3. The van der Waals surface area contributed by atoms with Crippen LogP contribution in [0.15, 0.2) is 24.3 Å². The van der Waals surface area contributed by atoms with Gasteiger partial charge in [-0.1, -0.05) is 12.8 Å². The Morgan fingerprint density at radius 3 is 2.47 bits per heavy atom. The van der Waals surface area contributed by atoms with Crippen LogP contribution >= 0.6 is 0 Å². The van der Waals surface area contributed by atoms with Crippen molar-refractivity contribution in [3.8, 4) is 11.5 Å². The van der Waals surface area contributed by atoms with E-state index in [0.29, 0.717) is 19.2 Å². The van der Waals surface area contributed by atoms with Crippen LogP contribution in [0.3, 0.4) is 0 Å². The largest absolute Gasteiger partial charge is 0.497 e. The van der Waals surface area contributed by atoms with Gasteiger partial charge in [0.25, 0.3) is 0 Å². The molecule has 0 heterocycles. The summed E-state index contributed by atoms with van der Waals surface area (Å²) in [5.41, 5.74) is 0. The van der Waals surface area contributed by atoms with E-state index in [2.05, 4.69) is 5.32 Å². The van der Waals surface area contributed by atoms with Crippen LogP contribution in [0.5, 0.6) is 11.5 Å². The Morgan fingerprint density at radius 1 is 1.21 bits per heavy atom. The van der Waals surface area contributed by atoms with E-state index < -0.39 is 6.10 Å². The lowest BCUT2D eigenvalue weighted by atomic mass is 10.2. The highest BCUT2D eigenvalue weighted by molar-refractivity contribution is 5.31. The predicted octanol–water partition coefficient (Wildman–Crippen LogP) is 1.97. The fraction of sp³-hybridized carbons (Fsp3) is 0.600. The standard InChI is InChI=1S/C15H23NO3/c1-18-14-6-8-15(9-7-14)19-11-13(17)10-16-12-4-2-3-5-12/h6-9,12-13,16-17H,2-5,10-11H2,1H3/t13-/m0/s1. The van der Waals surface area contributed by atoms with E-state index >= 15 is 0 Å². The average molecular weight is 265 g/mol. The van der Waals surface area contributed by atoms with Crippen LogP contribution in [0.2, 0.25) is 0 Å². The van der Waals surface area contributed by atoms with Gasteiger partial charge in [0, 0.05) is 12.6 Å². The molecule has 1 aliphatic carbocycles. The molecule has 2 N–H and O–H groups in total. The molecule has 19 heavy (non-hydrogen) atoms. The third kappa shape index (κ3) is 4.73. The Bertz CT molecular complexity index is 360. The molecule has 4 heteroatoms. The maximum atomic E-state index is 9.86. The van der Waals surface area contributed by atoms with E-state index in [0.717, 1.165) is 11.5 Å². The number of nitrogens with one attached hydrogen (secondary N) is 1. The van der Waals surface area contributed by atoms with E-state index in [-0.39, 0.29) is 0 Å². The van der Waals surface area contributed by atoms with Crippen LogP contribution in [0.1, 0.15) is 25.7 Å². The van der Waals surface area contributed by atoms with Crippen molar-refractivity contribution in [2.45, 2.75) is 37.8 Å². The summed E-state index contributed by atoms with van der Waals surface area (Å²) < 4.78 is 10.6. The Kier molecular flexibility index (Phi) is 5.48. The van der Waals surface area contributed by atoms with E-state index in [1.54, 1.807) is 7.11 Å². The zero-order valence-corrected chi connectivity index (χ0v) is 11.5. The van der Waals surface area contributed by atoms with Crippen molar-refractivity contribution in [3.63, 3.8) is 0 Å². The van der Waals surface area contributed by atoms with Crippen molar-refractivity contribution in [2.24, 2.45) is 0 Å². The van der Waals surface area contributed by atoms with Gasteiger partial charge in [-0.05, 0) is 37.1 Å². The zero-order chi connectivity index (χ0) is 13.5. The molecule has 0 saturated heterocycles. The summed E-state index contributed by atoms with van der Waals surface area (Å²) in [7, 11) is 1.63. The lowest BCUT2D eigenvalue weighted by Gasteiger charge is -2.16. The van der Waals surface area contributed by atoms with Crippen LogP contribution in [0.25, 0.3) is 0 Å². The first-order chi connectivity index (χ1) is 9.28. The highest BCUT2D eigenvalue weighted by Gasteiger charge is 2.15. The molecule has 0 aromatic heterocycles. The molecule has 106 valence electrons. The Hall–Kier alpha value is -1.26. The SMILES string of the molecule is COc1ccc(OC[C@@H](O)CNC2CCCC2)cc1. The first-order valence-corrected chi connectivity index (χ1v) is 6.96. The average Bonchev–Trinajstić information content (AvgIpc) is 2.96. The summed E-state index contributed by atoms with van der Waals surface area (Å²) >= 11 is 0. The number of rotatable bonds is 7. The lowest BCUT2D eigenvalue weighted by Crippen LogP contribution is -2.36. The monoisotopic (exact) mass is 265 g/mol. The lowest BCUT2D eigenvalue weighted by molar-refractivity contribution is 0.104. The number of ether oxygens (including phenoxy) is 2. The van der Waals surface area contributed by atoms with E-state index in [1.807, 2.05) is 24.3 Å². The van der Waals surface area contributed by atoms with Crippen LogP contribution < -0.4 is 14.8 Å². The number of hydrogen-bond acceptors (Lipinski definition) is 4. The second-order valence-corrected chi connectivity index (χ2v) is 5.03. The Morgan fingerprint density at radius 2 is 1.84 bits per heavy atom. The predicted molar refractivity (Wildman–Crippen MR) is 74.8 cm³/mol. The molecule has 0 bridgehead atoms. The van der Waals surface area contributed by atoms with E-state index in [9.17, 15) is 5.11 Å². The Balaban J connectivity index is 1.65. The minimum Gasteiger partial charge on any atom is -0.497 e. The molecule has 1 aromatic rings. The van der Waals surface area contributed by atoms with Crippen LogP contribution in [-0.4, -0.2) is 37.5 Å². The minimum absolute atomic E-state index is 0.312. The normalized spacial score (nSPS) is 17.4. The molecule has 1 saturated carbocycles. The molecule has 1 fully saturated rings. The van der Waals surface area contributed by atoms with Crippen molar-refractivity contribution in [1.29, 1.82) is 0 Å². The van der Waals surface area contributed by atoms with Crippen molar-refractivity contribution in [1.82, 2.24) is 5.32 Å². The maximum absolute atomic E-state index is 9.86. The van der Waals surface area contributed by atoms with E-state index in [4.69, 9.17) is 9.47 Å². The summed E-state index contributed by atoms with van der Waals surface area (Å²) in [6.07, 6.45) is 4.59. The second kappa shape index (κ2) is 7.36. The van der Waals surface area contributed by atoms with Gasteiger partial charge in [-0.3, -0.25) is 0 Å². The number of aliphatic hydroxyl groups excluding tert-OH is 1. The summed E-state index contributed by atoms with van der Waals surface area (Å²) in [5, 5.41) is 13.2. The fourth-order valence-corrected chi connectivity index (χ4v) is 2.36. The molecule has 0 spiro atoms. The maximum Gasteiger partial charge on any atom is 0.119 e. The first kappa shape index (κ1) is 14.2. The molecule has 1 aromatic carbocycles. The zero-order valence-electron chi connectivity index (χ0n) is 11.5. The van der Waals surface area contributed by atoms with Crippen LogP contribution in [0, 0.1) is 0 Å². The van der Waals surface area contributed by atoms with Gasteiger partial charge in [-0.25, -0.2) is 0 Å². The van der Waals surface area contributed by atoms with Gasteiger partial charge in [-0.15, -0.1) is 0 Å². The fourth-order valence-electron chi connectivity index (χ4n) is 2.36. The Labute approximate surface area is 114 Å².